The van der Waals surface area contributed by atoms with E-state index in [9.17, 15) is 14.0 Å². The lowest BCUT2D eigenvalue weighted by atomic mass is 10.1. The van der Waals surface area contributed by atoms with Crippen LogP contribution in [0.2, 0.25) is 0 Å². The molecule has 31 heavy (non-hydrogen) atoms. The molecule has 3 aromatic rings. The number of hydrogen-bond donors (Lipinski definition) is 1. The number of carbonyl (C=O) groups excluding carboxylic acids is 2. The van der Waals surface area contributed by atoms with Gasteiger partial charge in [-0.25, -0.2) is 4.39 Å². The number of hydrogen-bond acceptors (Lipinski definition) is 7. The van der Waals surface area contributed by atoms with Gasteiger partial charge in [-0.1, -0.05) is 11.3 Å². The van der Waals surface area contributed by atoms with Gasteiger partial charge >= 0.3 is 0 Å². The molecule has 0 saturated carbocycles. The number of anilines is 1. The van der Waals surface area contributed by atoms with E-state index in [2.05, 4.69) is 15.5 Å². The third-order valence-corrected chi connectivity index (χ3v) is 5.42. The van der Waals surface area contributed by atoms with Gasteiger partial charge in [0.2, 0.25) is 5.01 Å². The molecule has 2 heterocycles. The molecule has 1 saturated heterocycles. The molecule has 0 atom stereocenters. The highest BCUT2D eigenvalue weighted by molar-refractivity contribution is 7.13. The maximum atomic E-state index is 12.9. The minimum absolute atomic E-state index is 0.0592. The van der Waals surface area contributed by atoms with Crippen molar-refractivity contribution in [2.24, 2.45) is 0 Å². The van der Waals surface area contributed by atoms with E-state index in [0.29, 0.717) is 48.3 Å². The average molecular weight is 442 g/mol. The molecule has 8 nitrogen and oxygen atoms in total. The number of carbonyl (C=O) groups is 2. The summed E-state index contributed by atoms with van der Waals surface area (Å²) in [5, 5.41) is 11.3. The average Bonchev–Trinajstić information content (AvgIpc) is 3.29. The van der Waals surface area contributed by atoms with Gasteiger partial charge in [0.25, 0.3) is 11.8 Å². The summed E-state index contributed by atoms with van der Waals surface area (Å²) in [6.45, 7) is 2.34. The van der Waals surface area contributed by atoms with Crippen LogP contribution < -0.4 is 10.1 Å². The Kier molecular flexibility index (Phi) is 6.48. The molecule has 0 aliphatic carbocycles. The van der Waals surface area contributed by atoms with Crippen molar-refractivity contribution in [2.75, 3.05) is 31.6 Å². The lowest BCUT2D eigenvalue weighted by Gasteiger charge is -2.26. The quantitative estimate of drug-likeness (QED) is 0.631. The van der Waals surface area contributed by atoms with Crippen molar-refractivity contribution >= 4 is 28.8 Å². The van der Waals surface area contributed by atoms with Gasteiger partial charge in [0.15, 0.2) is 5.01 Å². The highest BCUT2D eigenvalue weighted by Gasteiger charge is 2.19. The second-order valence-electron chi connectivity index (χ2n) is 6.68. The predicted molar refractivity (Wildman–Crippen MR) is 112 cm³/mol. The molecule has 0 radical (unpaired) electrons. The molecule has 2 amide bonds. The summed E-state index contributed by atoms with van der Waals surface area (Å²) in [5.41, 5.74) is 1.10. The monoisotopic (exact) mass is 442 g/mol. The zero-order valence-corrected chi connectivity index (χ0v) is 17.2. The number of benzene rings is 2. The fourth-order valence-corrected chi connectivity index (χ4v) is 3.56. The van der Waals surface area contributed by atoms with E-state index in [0.717, 1.165) is 11.3 Å². The van der Waals surface area contributed by atoms with Crippen molar-refractivity contribution in [3.05, 3.63) is 69.9 Å². The topological polar surface area (TPSA) is 93.7 Å². The van der Waals surface area contributed by atoms with Crippen LogP contribution in [0.5, 0.6) is 5.75 Å². The largest absolute Gasteiger partial charge is 0.486 e. The lowest BCUT2D eigenvalue weighted by Crippen LogP contribution is -2.40. The fourth-order valence-electron chi connectivity index (χ4n) is 2.91. The van der Waals surface area contributed by atoms with Crippen LogP contribution in [0.1, 0.15) is 25.2 Å². The van der Waals surface area contributed by atoms with E-state index < -0.39 is 5.91 Å². The van der Waals surface area contributed by atoms with Crippen molar-refractivity contribution in [2.45, 2.75) is 6.61 Å². The van der Waals surface area contributed by atoms with E-state index in [1.807, 2.05) is 0 Å². The van der Waals surface area contributed by atoms with Crippen LogP contribution in [0.15, 0.2) is 48.5 Å². The van der Waals surface area contributed by atoms with Crippen LogP contribution in [0, 0.1) is 5.82 Å². The van der Waals surface area contributed by atoms with Gasteiger partial charge in [0, 0.05) is 24.3 Å². The molecule has 1 aliphatic rings. The number of halogens is 1. The highest BCUT2D eigenvalue weighted by atomic mass is 32.1. The lowest BCUT2D eigenvalue weighted by molar-refractivity contribution is 0.0303. The van der Waals surface area contributed by atoms with Gasteiger partial charge in [-0.3, -0.25) is 9.59 Å². The van der Waals surface area contributed by atoms with Crippen molar-refractivity contribution in [3.8, 4) is 5.75 Å². The summed E-state index contributed by atoms with van der Waals surface area (Å²) >= 11 is 1.10. The standard InChI is InChI=1S/C21H19FN4O4S/c22-15-3-7-17(8-4-15)30-13-18-24-25-20(31-18)19(27)23-16-5-1-14(2-6-16)21(28)26-9-11-29-12-10-26/h1-8H,9-13H2,(H,23,27). The molecule has 160 valence electrons. The Labute approximate surface area is 181 Å². The minimum Gasteiger partial charge on any atom is -0.486 e. The van der Waals surface area contributed by atoms with Gasteiger partial charge < -0.3 is 19.7 Å². The Morgan fingerprint density at radius 1 is 1.06 bits per heavy atom. The second kappa shape index (κ2) is 9.63. The van der Waals surface area contributed by atoms with Gasteiger partial charge in [0.1, 0.15) is 18.2 Å². The SMILES string of the molecule is O=C(Nc1ccc(C(=O)N2CCOCC2)cc1)c1nnc(COc2ccc(F)cc2)s1. The van der Waals surface area contributed by atoms with Gasteiger partial charge in [-0.05, 0) is 48.5 Å². The van der Waals surface area contributed by atoms with Crippen molar-refractivity contribution in [1.29, 1.82) is 0 Å². The maximum Gasteiger partial charge on any atom is 0.286 e. The van der Waals surface area contributed by atoms with Crippen molar-refractivity contribution in [1.82, 2.24) is 15.1 Å². The molecule has 4 rings (SSSR count). The Balaban J connectivity index is 1.32. The summed E-state index contributed by atoms with van der Waals surface area (Å²) in [5.74, 6) is -0.316. The van der Waals surface area contributed by atoms with E-state index >= 15 is 0 Å². The first-order chi connectivity index (χ1) is 15.1. The summed E-state index contributed by atoms with van der Waals surface area (Å²) in [4.78, 5) is 26.6. The van der Waals surface area contributed by atoms with Crippen molar-refractivity contribution < 1.29 is 23.5 Å². The molecule has 1 N–H and O–H groups in total. The Morgan fingerprint density at radius 2 is 1.77 bits per heavy atom. The number of nitrogens with zero attached hydrogens (tertiary/aromatic N) is 3. The minimum atomic E-state index is -0.405. The molecule has 0 unspecified atom stereocenters. The van der Waals surface area contributed by atoms with Crippen LogP contribution in [-0.4, -0.2) is 53.2 Å². The van der Waals surface area contributed by atoms with E-state index in [-0.39, 0.29) is 23.3 Å². The summed E-state index contributed by atoms with van der Waals surface area (Å²) in [6, 6.07) is 12.3. The third kappa shape index (κ3) is 5.41. The van der Waals surface area contributed by atoms with Gasteiger partial charge in [-0.2, -0.15) is 0 Å². The summed E-state index contributed by atoms with van der Waals surface area (Å²) in [7, 11) is 0. The predicted octanol–water partition coefficient (Wildman–Crippen LogP) is 2.98. The third-order valence-electron chi connectivity index (χ3n) is 4.53. The number of amides is 2. The molecule has 1 aliphatic heterocycles. The molecule has 0 bridgehead atoms. The first kappa shape index (κ1) is 20.9. The van der Waals surface area contributed by atoms with Gasteiger partial charge in [0.05, 0.1) is 13.2 Å². The van der Waals surface area contributed by atoms with Crippen LogP contribution in [0.25, 0.3) is 0 Å². The molecule has 0 spiro atoms. The second-order valence-corrected chi connectivity index (χ2v) is 7.74. The van der Waals surface area contributed by atoms with E-state index in [1.54, 1.807) is 29.2 Å². The highest BCUT2D eigenvalue weighted by Crippen LogP contribution is 2.18. The van der Waals surface area contributed by atoms with Crippen LogP contribution >= 0.6 is 11.3 Å². The normalized spacial score (nSPS) is 13.6. The number of morpholine rings is 1. The zero-order valence-electron chi connectivity index (χ0n) is 16.4. The summed E-state index contributed by atoms with van der Waals surface area (Å²) < 4.78 is 23.7. The number of aromatic nitrogens is 2. The number of ether oxygens (including phenoxy) is 2. The van der Waals surface area contributed by atoms with Crippen LogP contribution in [0.3, 0.4) is 0 Å². The van der Waals surface area contributed by atoms with E-state index in [4.69, 9.17) is 9.47 Å². The molecular weight excluding hydrogens is 423 g/mol. The molecule has 1 fully saturated rings. The first-order valence-electron chi connectivity index (χ1n) is 9.58. The number of rotatable bonds is 6. The Bertz CT molecular complexity index is 1050. The molecular formula is C21H19FN4O4S. The van der Waals surface area contributed by atoms with Crippen LogP contribution in [0.4, 0.5) is 10.1 Å². The maximum absolute atomic E-state index is 12.9. The van der Waals surface area contributed by atoms with Gasteiger partial charge in [-0.15, -0.1) is 10.2 Å². The molecule has 2 aromatic carbocycles. The smallest absolute Gasteiger partial charge is 0.286 e. The van der Waals surface area contributed by atoms with E-state index in [1.165, 1.54) is 24.3 Å². The zero-order chi connectivity index (χ0) is 21.6. The molecule has 1 aromatic heterocycles. The number of nitrogens with one attached hydrogen (secondary N) is 1. The fraction of sp³-hybridized carbons (Fsp3) is 0.238. The molecule has 10 heteroatoms. The summed E-state index contributed by atoms with van der Waals surface area (Å²) in [6.07, 6.45) is 0. The first-order valence-corrected chi connectivity index (χ1v) is 10.4. The van der Waals surface area contributed by atoms with Crippen LogP contribution in [-0.2, 0) is 11.3 Å². The Morgan fingerprint density at radius 3 is 2.48 bits per heavy atom. The Hall–Kier alpha value is -3.37. The van der Waals surface area contributed by atoms with Crippen molar-refractivity contribution in [3.63, 3.8) is 0 Å².